The fourth-order valence-corrected chi connectivity index (χ4v) is 11.0. The Morgan fingerprint density at radius 3 is 2.54 bits per heavy atom. The molecule has 4 aliphatic rings. The predicted octanol–water partition coefficient (Wildman–Crippen LogP) is 5.30. The molecule has 1 aliphatic carbocycles. The number of halogens is 1. The highest BCUT2D eigenvalue weighted by Crippen LogP contribution is 2.37. The largest absolute Gasteiger partial charge is 0.491 e. The number of nitrogens with one attached hydrogen (secondary N) is 4. The Morgan fingerprint density at radius 1 is 1.00 bits per heavy atom. The number of amides is 5. The molecule has 0 unspecified atom stereocenters. The number of aromatic nitrogens is 4. The van der Waals surface area contributed by atoms with Crippen LogP contribution in [-0.2, 0) is 65.9 Å². The van der Waals surface area contributed by atoms with Crippen molar-refractivity contribution in [2.24, 2.45) is 5.41 Å². The highest BCUT2D eigenvalue weighted by Gasteiger charge is 2.43. The average Bonchev–Trinajstić information content (AvgIpc) is 4.24. The molecule has 4 aromatic rings. The highest BCUT2D eigenvalue weighted by molar-refractivity contribution is 5.94. The van der Waals surface area contributed by atoms with E-state index in [-0.39, 0.29) is 132 Å². The van der Waals surface area contributed by atoms with E-state index in [0.717, 1.165) is 42.4 Å². The maximum Gasteiger partial charge on any atom is 0.246 e. The van der Waals surface area contributed by atoms with Crippen LogP contribution in [0.25, 0.3) is 11.3 Å². The number of hydrogen-bond acceptors (Lipinski definition) is 15. The van der Waals surface area contributed by atoms with Crippen molar-refractivity contribution in [3.8, 4) is 23.1 Å². The van der Waals surface area contributed by atoms with Gasteiger partial charge in [0.05, 0.1) is 80.8 Å². The zero-order valence-corrected chi connectivity index (χ0v) is 48.5. The summed E-state index contributed by atoms with van der Waals surface area (Å²) >= 11 is 0. The summed E-state index contributed by atoms with van der Waals surface area (Å²) < 4.78 is 34.0. The number of carbonyl (C=O) groups is 5. The molecule has 1 saturated heterocycles. The summed E-state index contributed by atoms with van der Waals surface area (Å²) in [6.07, 6.45) is 9.96. The van der Waals surface area contributed by atoms with Gasteiger partial charge >= 0.3 is 0 Å². The molecule has 83 heavy (non-hydrogen) atoms. The minimum atomic E-state index is -0.911. The Hall–Kier alpha value is -8.00. The van der Waals surface area contributed by atoms with Gasteiger partial charge in [0.1, 0.15) is 42.0 Å². The van der Waals surface area contributed by atoms with Gasteiger partial charge in [-0.2, -0.15) is 10.4 Å². The molecule has 5 atom stereocenters. The third-order valence-corrected chi connectivity index (χ3v) is 15.6. The van der Waals surface area contributed by atoms with Gasteiger partial charge in [-0.15, -0.1) is 0 Å². The zero-order chi connectivity index (χ0) is 59.4. The molecule has 5 heterocycles. The average molecular weight is 1140 g/mol. The van der Waals surface area contributed by atoms with Crippen molar-refractivity contribution in [3.05, 3.63) is 119 Å². The van der Waals surface area contributed by atoms with Crippen molar-refractivity contribution in [3.63, 3.8) is 0 Å². The molecule has 2 aromatic heterocycles. The van der Waals surface area contributed by atoms with E-state index in [1.165, 1.54) is 39.6 Å². The van der Waals surface area contributed by atoms with Gasteiger partial charge < -0.3 is 55.9 Å². The lowest BCUT2D eigenvalue weighted by Gasteiger charge is -2.41. The standard InChI is InChI=1S/C61H78FN13O8/c1-38-31-43(62)15-11-19-53(77)72(7)37-48-54(47-35-67-56(64)57(68-47)73-24-12-18-49(38)73)51(34-63)75(71-48)25-23-66-52(76)22-26-81-27-28-82-29-30-83-44-21-20-41-33-50(59(79)69-46-17-10-14-40-13-8-9-16-45(40)46)74(36-42(41)32-44)60(80)55(61(3,4)5)70-58(78)39(2)65-6/h8-9,11,13,15-16,20-21,31-32,35,39,46,49-50,55,65H,1,10,12,14,17-19,22-30,33,36-37H2,2-7H3,(H2,64,67)(H,66,76)(H,69,79)(H,70,78)/b15-11-,43-31+/t39-,46+,49+,50-,55+/m0/s1. The summed E-state index contributed by atoms with van der Waals surface area (Å²) in [7, 11) is 3.28. The summed E-state index contributed by atoms with van der Waals surface area (Å²) in [6, 6.07) is 13.3. The molecule has 21 nitrogen and oxygen atoms in total. The maximum atomic E-state index is 14.9. The van der Waals surface area contributed by atoms with Crippen LogP contribution < -0.4 is 36.6 Å². The second-order valence-corrected chi connectivity index (χ2v) is 22.5. The quantitative estimate of drug-likeness (QED) is 0.0747. The van der Waals surface area contributed by atoms with E-state index in [1.807, 2.05) is 56.0 Å². The number of likely N-dealkylation sites (N-methyl/N-ethyl adjacent to an activating group) is 1. The number of carbonyl (C=O) groups excluding carboxylic acids is 5. The van der Waals surface area contributed by atoms with E-state index in [9.17, 15) is 33.6 Å². The number of nitriles is 1. The molecule has 442 valence electrons. The highest BCUT2D eigenvalue weighted by atomic mass is 19.1. The van der Waals surface area contributed by atoms with Gasteiger partial charge in [-0.1, -0.05) is 63.8 Å². The van der Waals surface area contributed by atoms with Gasteiger partial charge in [-0.05, 0) is 104 Å². The minimum absolute atomic E-state index is 0.00621. The summed E-state index contributed by atoms with van der Waals surface area (Å²) in [6.45, 7) is 13.6. The Balaban J connectivity index is 0.816. The second-order valence-electron chi connectivity index (χ2n) is 22.5. The van der Waals surface area contributed by atoms with Crippen molar-refractivity contribution in [2.75, 3.05) is 70.9 Å². The van der Waals surface area contributed by atoms with E-state index in [4.69, 9.17) is 30.0 Å². The first-order valence-corrected chi connectivity index (χ1v) is 28.5. The molecule has 22 heteroatoms. The lowest BCUT2D eigenvalue weighted by Crippen LogP contribution is -2.62. The molecular formula is C61H78FN13O8. The van der Waals surface area contributed by atoms with E-state index in [2.05, 4.69) is 51.0 Å². The molecule has 3 aliphatic heterocycles. The van der Waals surface area contributed by atoms with Gasteiger partial charge in [0.15, 0.2) is 11.6 Å². The lowest BCUT2D eigenvalue weighted by molar-refractivity contribution is -0.147. The normalized spacial score (nSPS) is 19.9. The Labute approximate surface area is 484 Å². The molecule has 5 amide bonds. The number of ether oxygens (including phenoxy) is 3. The topological polar surface area (TPSA) is 264 Å². The fourth-order valence-electron chi connectivity index (χ4n) is 11.0. The summed E-state index contributed by atoms with van der Waals surface area (Å²) in [4.78, 5) is 82.8. The van der Waals surface area contributed by atoms with Crippen molar-refractivity contribution < 1.29 is 42.6 Å². The number of hydrogen-bond donors (Lipinski definition) is 5. The van der Waals surface area contributed by atoms with Gasteiger partial charge in [0, 0.05) is 45.9 Å². The molecule has 1 fully saturated rings. The van der Waals surface area contributed by atoms with E-state index < -0.39 is 29.4 Å². The molecule has 0 radical (unpaired) electrons. The first kappa shape index (κ1) is 61.1. The second kappa shape index (κ2) is 27.8. The smallest absolute Gasteiger partial charge is 0.246 e. The number of nitrogen functional groups attached to an aromatic ring is 1. The number of rotatable bonds is 19. The number of fused-ring (bicyclic) bond motifs is 8. The summed E-state index contributed by atoms with van der Waals surface area (Å²) in [5, 5.41) is 27.3. The predicted molar refractivity (Wildman–Crippen MR) is 311 cm³/mol. The van der Waals surface area contributed by atoms with E-state index in [1.54, 1.807) is 25.9 Å². The van der Waals surface area contributed by atoms with Crippen LogP contribution in [0.5, 0.6) is 5.75 Å². The number of aryl methyl sites for hydroxylation is 1. The molecule has 2 aromatic carbocycles. The fraction of sp³-hybridized carbons (Fsp3) is 0.492. The third kappa shape index (κ3) is 15.2. The number of allylic oxidation sites excluding steroid dienone is 2. The van der Waals surface area contributed by atoms with Gasteiger partial charge in [0.25, 0.3) is 0 Å². The Kier molecular flexibility index (Phi) is 20.5. The van der Waals surface area contributed by atoms with Crippen molar-refractivity contribution in [2.45, 2.75) is 129 Å². The first-order valence-electron chi connectivity index (χ1n) is 28.5. The SMILES string of the molecule is C=C1/C=C(F)\C=C/CC(=O)N(C)Cc2nn(CCNC(=O)CCOCCOCCOc3ccc4c(c3)CN(C(=O)[C@@H](NC(=O)[C@H](C)NC)C(C)(C)C)[C@H](C(=O)N[C@@H]3CCCc5ccccc53)C4)c(C#N)c2-c2cnc(N)c(n2)N2CCC[C@H]12. The van der Waals surface area contributed by atoms with Gasteiger partial charge in [-0.25, -0.2) is 14.4 Å². The molecule has 0 spiro atoms. The van der Waals surface area contributed by atoms with Crippen LogP contribution in [-0.4, -0.2) is 143 Å². The summed E-state index contributed by atoms with van der Waals surface area (Å²) in [5.74, 6) is -0.909. The van der Waals surface area contributed by atoms with Crippen LogP contribution in [0.1, 0.15) is 106 Å². The van der Waals surface area contributed by atoms with Crippen LogP contribution >= 0.6 is 0 Å². The van der Waals surface area contributed by atoms with Crippen LogP contribution in [0, 0.1) is 16.7 Å². The molecular weight excluding hydrogens is 1060 g/mol. The number of nitrogens with two attached hydrogens (primary N) is 1. The molecule has 8 rings (SSSR count). The van der Waals surface area contributed by atoms with E-state index >= 15 is 0 Å². The van der Waals surface area contributed by atoms with E-state index in [0.29, 0.717) is 47.1 Å². The lowest BCUT2D eigenvalue weighted by atomic mass is 9.83. The van der Waals surface area contributed by atoms with Gasteiger partial charge in [-0.3, -0.25) is 28.7 Å². The number of anilines is 2. The third-order valence-electron chi connectivity index (χ3n) is 15.6. The van der Waals surface area contributed by atoms with Crippen molar-refractivity contribution >= 4 is 41.2 Å². The zero-order valence-electron chi connectivity index (χ0n) is 48.5. The van der Waals surface area contributed by atoms with Crippen LogP contribution in [0.4, 0.5) is 16.0 Å². The minimum Gasteiger partial charge on any atom is -0.491 e. The monoisotopic (exact) mass is 1140 g/mol. The Bertz CT molecular complexity index is 3150. The van der Waals surface area contributed by atoms with Crippen molar-refractivity contribution in [1.29, 1.82) is 5.26 Å². The number of benzene rings is 2. The molecule has 0 saturated carbocycles. The van der Waals surface area contributed by atoms with Crippen LogP contribution in [0.15, 0.2) is 84.9 Å². The molecule has 2 bridgehead atoms. The Morgan fingerprint density at radius 2 is 1.77 bits per heavy atom. The van der Waals surface area contributed by atoms with Crippen LogP contribution in [0.3, 0.4) is 0 Å². The van der Waals surface area contributed by atoms with Crippen LogP contribution in [0.2, 0.25) is 0 Å². The summed E-state index contributed by atoms with van der Waals surface area (Å²) in [5.41, 5.74) is 11.6. The number of nitrogens with zero attached hydrogens (tertiary/aromatic N) is 8. The first-order chi connectivity index (χ1) is 39.8. The maximum absolute atomic E-state index is 14.9. The van der Waals surface area contributed by atoms with Gasteiger partial charge in [0.2, 0.25) is 29.5 Å². The van der Waals surface area contributed by atoms with Crippen molar-refractivity contribution in [1.82, 2.24) is 50.8 Å². The molecule has 6 N–H and O–H groups in total.